The maximum Gasteiger partial charge on any atom is 0.305 e. The molecule has 0 aromatic heterocycles. The lowest BCUT2D eigenvalue weighted by molar-refractivity contribution is -0.143. The minimum Gasteiger partial charge on any atom is -0.466 e. The van der Waals surface area contributed by atoms with Crippen molar-refractivity contribution >= 4 is 35.9 Å². The summed E-state index contributed by atoms with van der Waals surface area (Å²) in [6.45, 7) is 8.50. The maximum atomic E-state index is 11.3. The summed E-state index contributed by atoms with van der Waals surface area (Å²) in [5.74, 6) is 0.733. The Labute approximate surface area is 204 Å². The van der Waals surface area contributed by atoms with Crippen LogP contribution in [-0.2, 0) is 27.4 Å². The zero-order valence-electron chi connectivity index (χ0n) is 19.0. The number of rotatable bonds is 12. The molecule has 0 radical (unpaired) electrons. The number of halogens is 1. The number of unbranched alkanes of at least 4 members (excludes halogenated alkanes) is 3. The van der Waals surface area contributed by atoms with Crippen molar-refractivity contribution < 1.29 is 14.3 Å². The van der Waals surface area contributed by atoms with E-state index in [0.717, 1.165) is 77.6 Å². The van der Waals surface area contributed by atoms with Crippen LogP contribution >= 0.6 is 24.0 Å². The highest BCUT2D eigenvalue weighted by atomic mass is 127. The molecule has 1 aliphatic rings. The predicted octanol–water partition coefficient (Wildman–Crippen LogP) is 3.32. The monoisotopic (exact) mass is 546 g/mol. The van der Waals surface area contributed by atoms with Gasteiger partial charge in [-0.2, -0.15) is 0 Å². The van der Waals surface area contributed by atoms with E-state index >= 15 is 0 Å². The fraction of sp³-hybridized carbons (Fsp3) is 0.652. The van der Waals surface area contributed by atoms with Gasteiger partial charge in [0, 0.05) is 46.2 Å². The highest BCUT2D eigenvalue weighted by molar-refractivity contribution is 14.0. The molecule has 0 unspecified atom stereocenters. The van der Waals surface area contributed by atoms with Crippen LogP contribution in [0.25, 0.3) is 0 Å². The van der Waals surface area contributed by atoms with Crippen molar-refractivity contribution in [2.45, 2.75) is 52.1 Å². The highest BCUT2D eigenvalue weighted by Gasteiger charge is 2.12. The molecule has 0 amide bonds. The van der Waals surface area contributed by atoms with Crippen molar-refractivity contribution in [1.82, 2.24) is 15.5 Å². The van der Waals surface area contributed by atoms with E-state index in [4.69, 9.17) is 9.47 Å². The van der Waals surface area contributed by atoms with Gasteiger partial charge in [0.05, 0.1) is 19.8 Å². The normalized spacial score (nSPS) is 14.6. The van der Waals surface area contributed by atoms with Crippen LogP contribution in [0, 0.1) is 0 Å². The lowest BCUT2D eigenvalue weighted by atomic mass is 10.1. The molecule has 1 aromatic carbocycles. The molecule has 1 aromatic rings. The Kier molecular flexibility index (Phi) is 15.3. The van der Waals surface area contributed by atoms with Crippen molar-refractivity contribution in [3.63, 3.8) is 0 Å². The zero-order chi connectivity index (χ0) is 21.4. The third-order valence-electron chi connectivity index (χ3n) is 5.19. The van der Waals surface area contributed by atoms with Crippen molar-refractivity contribution in [1.29, 1.82) is 0 Å². The van der Waals surface area contributed by atoms with Gasteiger partial charge in [-0.05, 0) is 30.9 Å². The summed E-state index contributed by atoms with van der Waals surface area (Å²) in [6, 6.07) is 8.58. The summed E-state index contributed by atoms with van der Waals surface area (Å²) < 4.78 is 10.4. The Hall–Kier alpha value is -1.39. The largest absolute Gasteiger partial charge is 0.466 e. The van der Waals surface area contributed by atoms with Gasteiger partial charge in [0.15, 0.2) is 5.96 Å². The van der Waals surface area contributed by atoms with Gasteiger partial charge >= 0.3 is 5.97 Å². The molecule has 0 spiro atoms. The van der Waals surface area contributed by atoms with Crippen molar-refractivity contribution in [3.05, 3.63) is 35.4 Å². The summed E-state index contributed by atoms with van der Waals surface area (Å²) >= 11 is 0. The lowest BCUT2D eigenvalue weighted by Crippen LogP contribution is -2.38. The number of guanidine groups is 1. The molecule has 1 aliphatic heterocycles. The molecule has 1 heterocycles. The van der Waals surface area contributed by atoms with Crippen LogP contribution in [0.3, 0.4) is 0 Å². The molecule has 0 bridgehead atoms. The predicted molar refractivity (Wildman–Crippen MR) is 136 cm³/mol. The van der Waals surface area contributed by atoms with Crippen LogP contribution in [0.4, 0.5) is 0 Å². The van der Waals surface area contributed by atoms with Crippen LogP contribution < -0.4 is 10.6 Å². The third-order valence-corrected chi connectivity index (χ3v) is 5.19. The fourth-order valence-corrected chi connectivity index (χ4v) is 3.47. The second kappa shape index (κ2) is 17.2. The van der Waals surface area contributed by atoms with E-state index in [1.54, 1.807) is 7.05 Å². The first-order chi connectivity index (χ1) is 14.7. The molecular weight excluding hydrogens is 507 g/mol. The summed E-state index contributed by atoms with van der Waals surface area (Å²) in [6.07, 6.45) is 4.60. The molecule has 0 saturated carbocycles. The van der Waals surface area contributed by atoms with E-state index < -0.39 is 0 Å². The number of carbonyl (C=O) groups is 1. The number of benzene rings is 1. The average Bonchev–Trinajstić information content (AvgIpc) is 2.77. The van der Waals surface area contributed by atoms with Gasteiger partial charge in [-0.3, -0.25) is 14.7 Å². The van der Waals surface area contributed by atoms with Gasteiger partial charge in [-0.15, -0.1) is 24.0 Å². The van der Waals surface area contributed by atoms with Crippen molar-refractivity contribution in [2.75, 3.05) is 46.5 Å². The lowest BCUT2D eigenvalue weighted by Gasteiger charge is -2.27. The van der Waals surface area contributed by atoms with Gasteiger partial charge in [0.2, 0.25) is 0 Å². The number of esters is 1. The number of carbonyl (C=O) groups excluding carboxylic acids is 1. The molecule has 2 rings (SSSR count). The van der Waals surface area contributed by atoms with E-state index in [-0.39, 0.29) is 29.9 Å². The number of morpholine rings is 1. The van der Waals surface area contributed by atoms with Gasteiger partial charge in [-0.1, -0.05) is 37.1 Å². The summed E-state index contributed by atoms with van der Waals surface area (Å²) in [5.41, 5.74) is 2.65. The molecule has 0 aliphatic carbocycles. The second-order valence-corrected chi connectivity index (χ2v) is 7.48. The van der Waals surface area contributed by atoms with Crippen LogP contribution in [0.2, 0.25) is 0 Å². The minimum atomic E-state index is -0.0888. The van der Waals surface area contributed by atoms with Crippen LogP contribution in [0.5, 0.6) is 0 Å². The Morgan fingerprint density at radius 3 is 2.52 bits per heavy atom. The molecule has 8 heteroatoms. The topological polar surface area (TPSA) is 75.2 Å². The van der Waals surface area contributed by atoms with Gasteiger partial charge < -0.3 is 20.1 Å². The first-order valence-corrected chi connectivity index (χ1v) is 11.2. The summed E-state index contributed by atoms with van der Waals surface area (Å²) in [7, 11) is 1.80. The van der Waals surface area contributed by atoms with Gasteiger partial charge in [0.25, 0.3) is 0 Å². The number of nitrogens with one attached hydrogen (secondary N) is 2. The molecule has 176 valence electrons. The number of nitrogens with zero attached hydrogens (tertiary/aromatic N) is 2. The minimum absolute atomic E-state index is 0. The fourth-order valence-electron chi connectivity index (χ4n) is 3.47. The molecule has 1 fully saturated rings. The van der Waals surface area contributed by atoms with Gasteiger partial charge in [-0.25, -0.2) is 0 Å². The molecule has 0 atom stereocenters. The second-order valence-electron chi connectivity index (χ2n) is 7.48. The smallest absolute Gasteiger partial charge is 0.305 e. The van der Waals surface area contributed by atoms with Crippen molar-refractivity contribution in [3.8, 4) is 0 Å². The zero-order valence-corrected chi connectivity index (χ0v) is 21.4. The molecule has 1 saturated heterocycles. The van der Waals surface area contributed by atoms with Gasteiger partial charge in [0.1, 0.15) is 0 Å². The first kappa shape index (κ1) is 27.6. The quantitative estimate of drug-likeness (QED) is 0.138. The Morgan fingerprint density at radius 2 is 1.81 bits per heavy atom. The summed E-state index contributed by atoms with van der Waals surface area (Å²) in [5, 5.41) is 6.81. The summed E-state index contributed by atoms with van der Waals surface area (Å²) in [4.78, 5) is 18.1. The van der Waals surface area contributed by atoms with Crippen LogP contribution in [0.1, 0.15) is 50.2 Å². The number of hydrogen-bond donors (Lipinski definition) is 2. The van der Waals surface area contributed by atoms with E-state index in [2.05, 4.69) is 44.8 Å². The average molecular weight is 546 g/mol. The third kappa shape index (κ3) is 11.7. The molecule has 2 N–H and O–H groups in total. The maximum absolute atomic E-state index is 11.3. The van der Waals surface area contributed by atoms with Crippen molar-refractivity contribution in [2.24, 2.45) is 4.99 Å². The van der Waals surface area contributed by atoms with Crippen LogP contribution in [0.15, 0.2) is 29.3 Å². The SMILES string of the molecule is CCOC(=O)CCCCCCNC(=NC)NCc1ccccc1CN1CCOCC1.I. The van der Waals surface area contributed by atoms with E-state index in [9.17, 15) is 4.79 Å². The standard InChI is InChI=1S/C23H38N4O3.HI/c1-3-30-22(28)12-6-4-5-9-13-25-23(24-2)26-18-20-10-7-8-11-21(20)19-27-14-16-29-17-15-27;/h7-8,10-11H,3-6,9,12-19H2,1-2H3,(H2,24,25,26);1H. The number of aliphatic imine (C=N–C) groups is 1. The Bertz CT molecular complexity index is 651. The molecular formula is C23H39IN4O3. The highest BCUT2D eigenvalue weighted by Crippen LogP contribution is 2.13. The van der Waals surface area contributed by atoms with E-state index in [1.165, 1.54) is 11.1 Å². The Morgan fingerprint density at radius 1 is 1.10 bits per heavy atom. The Balaban J connectivity index is 0.00000480. The number of ether oxygens (including phenoxy) is 2. The van der Waals surface area contributed by atoms with E-state index in [0.29, 0.717) is 13.0 Å². The number of hydrogen-bond acceptors (Lipinski definition) is 5. The molecule has 31 heavy (non-hydrogen) atoms. The van der Waals surface area contributed by atoms with Crippen LogP contribution in [-0.4, -0.2) is 63.3 Å². The molecule has 7 nitrogen and oxygen atoms in total. The van der Waals surface area contributed by atoms with E-state index in [1.807, 2.05) is 6.92 Å². The first-order valence-electron chi connectivity index (χ1n) is 11.2.